The second kappa shape index (κ2) is 69.8. The van der Waals surface area contributed by atoms with E-state index in [9.17, 15) is 52.7 Å². The van der Waals surface area contributed by atoms with Gasteiger partial charge in [0, 0.05) is 161 Å². The van der Waals surface area contributed by atoms with Crippen LogP contribution in [0.2, 0.25) is 0 Å². The van der Waals surface area contributed by atoms with Gasteiger partial charge >= 0.3 is 0 Å². The number of hydroxylamine groups is 2. The number of carbonyl (C=O) groups excluding carboxylic acids is 11. The van der Waals surface area contributed by atoms with Crippen molar-refractivity contribution in [1.29, 1.82) is 0 Å². The van der Waals surface area contributed by atoms with Crippen LogP contribution in [0.25, 0.3) is 0 Å². The Labute approximate surface area is 682 Å². The Bertz CT molecular complexity index is 2000. The van der Waals surface area contributed by atoms with E-state index < -0.39 is 0 Å². The number of nitrogens with one attached hydrogen (secondary N) is 3. The number of morpholine rings is 1. The number of hydrogen-bond donors (Lipinski definition) is 3. The van der Waals surface area contributed by atoms with Gasteiger partial charge in [-0.15, -0.1) is 11.8 Å². The molecule has 0 aromatic carbocycles. The molecule has 3 N–H and O–H groups in total. The van der Waals surface area contributed by atoms with Crippen molar-refractivity contribution in [2.45, 2.75) is 153 Å². The highest BCUT2D eigenvalue weighted by atomic mass is 32.2. The molecule has 0 aliphatic carbocycles. The molecule has 111 heavy (non-hydrogen) atoms. The summed E-state index contributed by atoms with van der Waals surface area (Å²) in [5.74, 6) is 8.64. The lowest BCUT2D eigenvalue weighted by molar-refractivity contribution is -0.182. The minimum absolute atomic E-state index is 0.168. The molecular formula is C79H151N15O14S3. The van der Waals surface area contributed by atoms with E-state index in [0.717, 1.165) is 209 Å². The maximum absolute atomic E-state index is 10.7. The Kier molecular flexibility index (Phi) is 66.5. The van der Waals surface area contributed by atoms with E-state index in [4.69, 9.17) is 14.3 Å². The van der Waals surface area contributed by atoms with Crippen molar-refractivity contribution in [1.82, 2.24) is 74.5 Å². The Hall–Kier alpha value is -3.30. The zero-order valence-corrected chi connectivity index (χ0v) is 73.4. The molecule has 0 unspecified atom stereocenters. The lowest BCUT2D eigenvalue weighted by Gasteiger charge is -2.31. The number of piperidine rings is 1. The minimum atomic E-state index is 0.168. The van der Waals surface area contributed by atoms with Crippen molar-refractivity contribution in [3.63, 3.8) is 0 Å². The van der Waals surface area contributed by atoms with Gasteiger partial charge in [-0.05, 0) is 179 Å². The molecule has 0 aromatic rings. The van der Waals surface area contributed by atoms with Crippen LogP contribution in [0.3, 0.4) is 0 Å². The number of likely N-dealkylation sites (N-methyl/N-ethyl adjacent to an activating group) is 1. The van der Waals surface area contributed by atoms with Crippen LogP contribution < -0.4 is 16.1 Å². The topological polar surface area (TPSA) is 290 Å². The van der Waals surface area contributed by atoms with Crippen molar-refractivity contribution < 1.29 is 67.1 Å². The number of hydrazine groups is 1. The highest BCUT2D eigenvalue weighted by Gasteiger charge is 2.20. The molecule has 11 fully saturated rings. The van der Waals surface area contributed by atoms with Gasteiger partial charge in [-0.1, -0.05) is 18.4 Å². The molecular weight excluding hydrogens is 1480 g/mol. The van der Waals surface area contributed by atoms with E-state index in [1.165, 1.54) is 74.4 Å². The maximum atomic E-state index is 10.7. The van der Waals surface area contributed by atoms with Crippen molar-refractivity contribution in [3.8, 4) is 0 Å². The molecule has 644 valence electrons. The lowest BCUT2D eigenvalue weighted by Crippen LogP contribution is -2.45. The predicted octanol–water partition coefficient (Wildman–Crippen LogP) is 4.05. The number of likely N-dealkylation sites (tertiary alicyclic amines) is 1. The molecule has 0 radical (unpaired) electrons. The summed E-state index contributed by atoms with van der Waals surface area (Å²) in [6, 6.07) is 0. The van der Waals surface area contributed by atoms with Gasteiger partial charge in [0.25, 0.3) is 0 Å². The first kappa shape index (κ1) is 106. The number of nitrogens with zero attached hydrogens (tertiary/aromatic N) is 12. The number of rotatable bonds is 22. The fourth-order valence-corrected chi connectivity index (χ4v) is 15.7. The van der Waals surface area contributed by atoms with Gasteiger partial charge in [0.05, 0.1) is 98.5 Å². The van der Waals surface area contributed by atoms with Gasteiger partial charge in [0.2, 0.25) is 0 Å². The largest absolute Gasteiger partial charge is 0.379 e. The monoisotopic (exact) mass is 1630 g/mol. The van der Waals surface area contributed by atoms with Crippen LogP contribution in [-0.4, -0.2) is 414 Å². The minimum Gasteiger partial charge on any atom is -0.379 e. The summed E-state index contributed by atoms with van der Waals surface area (Å²) in [5, 5.41) is 10.2. The van der Waals surface area contributed by atoms with Gasteiger partial charge in [0.15, 0.2) is 0 Å². The fraction of sp³-hybridized carbons (Fsp3) is 0.861. The summed E-state index contributed by atoms with van der Waals surface area (Å²) in [4.78, 5) is 142. The molecule has 0 saturated carbocycles. The van der Waals surface area contributed by atoms with Crippen LogP contribution in [0.5, 0.6) is 0 Å². The summed E-state index contributed by atoms with van der Waals surface area (Å²) in [5.41, 5.74) is 3.16. The van der Waals surface area contributed by atoms with Crippen LogP contribution in [0.1, 0.15) is 153 Å². The van der Waals surface area contributed by atoms with Crippen molar-refractivity contribution in [3.05, 3.63) is 0 Å². The van der Waals surface area contributed by atoms with Crippen LogP contribution in [0, 0.1) is 0 Å². The molecule has 11 aliphatic rings. The number of hydrogen-bond acceptors (Lipinski definition) is 32. The van der Waals surface area contributed by atoms with Gasteiger partial charge in [-0.2, -0.15) is 16.8 Å². The Morgan fingerprint density at radius 1 is 0.297 bits per heavy atom. The Balaban J connectivity index is 0.000000611. The molecule has 0 bridgehead atoms. The van der Waals surface area contributed by atoms with E-state index in [1.54, 1.807) is 93.2 Å². The third kappa shape index (κ3) is 68.5. The predicted molar refractivity (Wildman–Crippen MR) is 450 cm³/mol. The summed E-state index contributed by atoms with van der Waals surface area (Å²) in [7, 11) is 2.12. The zero-order chi connectivity index (χ0) is 82.2. The molecule has 0 spiro atoms. The van der Waals surface area contributed by atoms with Gasteiger partial charge < -0.3 is 25.0 Å². The molecule has 0 atom stereocenters. The van der Waals surface area contributed by atoms with Crippen molar-refractivity contribution in [2.24, 2.45) is 0 Å². The molecule has 32 heteroatoms. The van der Waals surface area contributed by atoms with Gasteiger partial charge in [-0.25, -0.2) is 9.31 Å². The second-order valence-electron chi connectivity index (χ2n) is 30.2. The summed E-state index contributed by atoms with van der Waals surface area (Å²) >= 11 is 5.70. The van der Waals surface area contributed by atoms with E-state index in [1.807, 2.05) is 33.4 Å². The van der Waals surface area contributed by atoms with E-state index in [-0.39, 0.29) is 57.8 Å². The zero-order valence-electron chi connectivity index (χ0n) is 70.9. The molecule has 0 aromatic heterocycles. The van der Waals surface area contributed by atoms with Crippen LogP contribution in [0.4, 0.5) is 0 Å². The standard InChI is InChI=1S/C8H16N2O.C8H15NO.3C7H14N2O.3C7H13NO2.3C7H13NOS/c1-8(11)7-10-5-3-9(2)4-6-10;1-8(10)7-9-5-3-2-4-6-9;1-7(10)6-9-4-2-8-3-5-9;1-7(10)5-9-4-2-3-8-6-9;1-7(10)6-9-5-3-2-4-8-9;1-7(9)6-8-2-4-10-5-3-8;1-7(9)5-8-3-2-4-10-6-8;1-7(9)6-8-4-2-3-5-10-8;1-7(9)6-8-2-4-10-5-3-8;1-7(9)5-8-3-2-4-10-6-8;1-7(9)6-8-4-2-3-5-10-8/h3-7H2,1-2H3;2-7H2,1H3;3*8H,2-6H2,1H3;6*2-6H2,1H3. The first-order valence-corrected chi connectivity index (χ1v) is 44.2. The average molecular weight is 1630 g/mol. The van der Waals surface area contributed by atoms with Crippen LogP contribution in [-0.2, 0) is 67.1 Å². The maximum Gasteiger partial charge on any atom is 0.146 e. The Morgan fingerprint density at radius 3 is 1.22 bits per heavy atom. The highest BCUT2D eigenvalue weighted by molar-refractivity contribution is 7.99. The van der Waals surface area contributed by atoms with Gasteiger partial charge in [0.1, 0.15) is 63.6 Å². The molecule has 11 aliphatic heterocycles. The lowest BCUT2D eigenvalue weighted by atomic mass is 10.1. The Morgan fingerprint density at radius 2 is 0.757 bits per heavy atom. The van der Waals surface area contributed by atoms with Crippen molar-refractivity contribution in [2.75, 3.05) is 292 Å². The normalized spacial score (nSPS) is 21.0. The van der Waals surface area contributed by atoms with E-state index in [2.05, 4.69) is 66.6 Å². The van der Waals surface area contributed by atoms with Crippen LogP contribution >= 0.6 is 35.5 Å². The fourth-order valence-electron chi connectivity index (χ4n) is 12.6. The third-order valence-electron chi connectivity index (χ3n) is 17.8. The summed E-state index contributed by atoms with van der Waals surface area (Å²) in [6.07, 6.45) is 14.6. The average Bonchev–Trinajstić information content (AvgIpc) is 0.904. The number of carbonyl (C=O) groups is 11. The number of piperazine rings is 2. The summed E-state index contributed by atoms with van der Waals surface area (Å²) < 4.78 is 12.4. The number of Topliss-reactive ketones (excluding diaryl/α,β-unsaturated/α-hetero) is 11. The molecule has 0 amide bonds. The third-order valence-corrected chi connectivity index (χ3v) is 21.0. The van der Waals surface area contributed by atoms with E-state index >= 15 is 0 Å². The first-order chi connectivity index (χ1) is 53.1. The molecule has 11 saturated heterocycles. The quantitative estimate of drug-likeness (QED) is 0.129. The molecule has 11 heterocycles. The number of thioether (sulfide) groups is 2. The smallest absolute Gasteiger partial charge is 0.146 e. The van der Waals surface area contributed by atoms with Gasteiger partial charge in [-0.3, -0.25) is 102 Å². The number of ketones is 11. The number of ether oxygens (including phenoxy) is 2. The van der Waals surface area contributed by atoms with Crippen LogP contribution in [0.15, 0.2) is 0 Å². The second-order valence-corrected chi connectivity index (χ2v) is 33.7. The molecule has 29 nitrogen and oxygen atoms in total. The van der Waals surface area contributed by atoms with Crippen molar-refractivity contribution >= 4 is 99.1 Å². The molecule has 11 rings (SSSR count). The van der Waals surface area contributed by atoms with E-state index in [0.29, 0.717) is 84.5 Å². The highest BCUT2D eigenvalue weighted by Crippen LogP contribution is 2.19. The first-order valence-electron chi connectivity index (χ1n) is 40.9. The SMILES string of the molecule is CC(=O)CN1CCCCC1.CC(=O)CN1CCCCN1.CC(=O)CN1CCCCO1.CC(=O)CN1CCCCS1.CC(=O)CN1CCCNC1.CC(=O)CN1CCCOC1.CC(=O)CN1CCCSC1.CC(=O)CN1CCN(C)CC1.CC(=O)CN1CCNCC1.CC(=O)CN1CCOCC1.CC(=O)CN1CCSCC1. The summed E-state index contributed by atoms with van der Waals surface area (Å²) in [6.45, 7) is 52.0.